The Labute approximate surface area is 266 Å². The number of hydrogen-bond donors (Lipinski definition) is 2. The van der Waals surface area contributed by atoms with Crippen molar-refractivity contribution in [2.24, 2.45) is 0 Å². The molecule has 12 heteroatoms. The van der Waals surface area contributed by atoms with Crippen LogP contribution in [0.1, 0.15) is 53.2 Å². The zero-order chi connectivity index (χ0) is 32.1. The van der Waals surface area contributed by atoms with Crippen molar-refractivity contribution in [3.05, 3.63) is 106 Å². The summed E-state index contributed by atoms with van der Waals surface area (Å²) < 4.78 is 32.4. The van der Waals surface area contributed by atoms with Gasteiger partial charge in [0, 0.05) is 28.2 Å². The number of hydrogen-bond acceptors (Lipinski definition) is 8. The number of aryl methyl sites for hydroxylation is 1. The number of carbonyl (C=O) groups is 2. The van der Waals surface area contributed by atoms with E-state index in [0.29, 0.717) is 22.1 Å². The molecule has 44 heavy (non-hydrogen) atoms. The van der Waals surface area contributed by atoms with E-state index in [1.165, 1.54) is 52.6 Å². The summed E-state index contributed by atoms with van der Waals surface area (Å²) >= 11 is 7.40. The van der Waals surface area contributed by atoms with E-state index in [1.807, 2.05) is 6.92 Å². The van der Waals surface area contributed by atoms with E-state index in [-0.39, 0.29) is 28.4 Å². The Kier molecular flexibility index (Phi) is 10.5. The summed E-state index contributed by atoms with van der Waals surface area (Å²) in [5.74, 6) is -0.457. The summed E-state index contributed by atoms with van der Waals surface area (Å²) in [5, 5.41) is 14.4. The lowest BCUT2D eigenvalue weighted by atomic mass is 10.1. The van der Waals surface area contributed by atoms with Gasteiger partial charge in [-0.2, -0.15) is 0 Å². The van der Waals surface area contributed by atoms with Crippen molar-refractivity contribution in [1.82, 2.24) is 9.88 Å². The molecular formula is C32H34ClN3O6S2. The number of sulfone groups is 1. The van der Waals surface area contributed by atoms with Crippen LogP contribution in [0.2, 0.25) is 5.02 Å². The van der Waals surface area contributed by atoms with Gasteiger partial charge in [-0.1, -0.05) is 41.9 Å². The lowest BCUT2D eigenvalue weighted by Crippen LogP contribution is -2.40. The van der Waals surface area contributed by atoms with E-state index in [0.717, 1.165) is 10.4 Å². The van der Waals surface area contributed by atoms with Gasteiger partial charge in [0.15, 0.2) is 5.13 Å². The lowest BCUT2D eigenvalue weighted by Gasteiger charge is -2.29. The van der Waals surface area contributed by atoms with E-state index in [9.17, 15) is 23.1 Å². The Balaban J connectivity index is 1.46. The standard InChI is InChI=1S/C32H34ClN3O6S2/c1-21-19-34-30(43-21)35-29(38)24-8-6-10-27(18-24)44(40,41)26-13-11-22(12-14-26)15-16-36(31(39)42-32(2,3)4)20-28(37)23-7-5-9-25(33)17-23/h5-14,17-19,28,37H,15-16,20H2,1-4H3,(H,34,35,38)/t28-/m0/s1. The number of aliphatic hydroxyl groups is 1. The number of rotatable bonds is 10. The van der Waals surface area contributed by atoms with Gasteiger partial charge in [-0.05, 0) is 87.7 Å². The highest BCUT2D eigenvalue weighted by atomic mass is 35.5. The highest BCUT2D eigenvalue weighted by Gasteiger charge is 2.25. The Hall–Kier alpha value is -3.77. The van der Waals surface area contributed by atoms with Crippen LogP contribution in [-0.2, 0) is 21.0 Å². The second-order valence-corrected chi connectivity index (χ2v) is 14.8. The van der Waals surface area contributed by atoms with Crippen molar-refractivity contribution in [3.8, 4) is 0 Å². The quantitative estimate of drug-likeness (QED) is 0.195. The molecule has 0 bridgehead atoms. The molecular weight excluding hydrogens is 622 g/mol. The first kappa shape index (κ1) is 33.1. The van der Waals surface area contributed by atoms with Crippen molar-refractivity contribution in [2.45, 2.75) is 55.6 Å². The van der Waals surface area contributed by atoms with Gasteiger partial charge >= 0.3 is 6.09 Å². The molecule has 2 N–H and O–H groups in total. The third kappa shape index (κ3) is 8.88. The first-order valence-electron chi connectivity index (χ1n) is 13.8. The zero-order valence-electron chi connectivity index (χ0n) is 24.8. The van der Waals surface area contributed by atoms with E-state index in [4.69, 9.17) is 16.3 Å². The molecule has 4 aromatic rings. The first-order chi connectivity index (χ1) is 20.7. The Bertz CT molecular complexity index is 1730. The summed E-state index contributed by atoms with van der Waals surface area (Å²) in [7, 11) is -3.92. The summed E-state index contributed by atoms with van der Waals surface area (Å²) in [4.78, 5) is 32.2. The van der Waals surface area contributed by atoms with Gasteiger partial charge in [0.05, 0.1) is 22.4 Å². The summed E-state index contributed by atoms with van der Waals surface area (Å²) in [6.07, 6.45) is 0.460. The smallest absolute Gasteiger partial charge is 0.410 e. The fourth-order valence-corrected chi connectivity index (χ4v) is 6.40. The van der Waals surface area contributed by atoms with E-state index < -0.39 is 33.5 Å². The normalized spacial score (nSPS) is 12.4. The molecule has 4 rings (SSSR count). The minimum absolute atomic E-state index is 0.0145. The minimum atomic E-state index is -3.92. The number of nitrogens with zero attached hydrogens (tertiary/aromatic N) is 2. The SMILES string of the molecule is Cc1cnc(NC(=O)c2cccc(S(=O)(=O)c3ccc(CCN(C[C@H](O)c4cccc(Cl)c4)C(=O)OC(C)(C)C)cc3)c2)s1. The number of ether oxygens (including phenoxy) is 1. The number of benzene rings is 3. The second kappa shape index (κ2) is 13.9. The first-order valence-corrected chi connectivity index (χ1v) is 16.5. The van der Waals surface area contributed by atoms with Gasteiger partial charge in [0.2, 0.25) is 9.84 Å². The average Bonchev–Trinajstić information content (AvgIpc) is 3.38. The maximum atomic E-state index is 13.4. The topological polar surface area (TPSA) is 126 Å². The maximum absolute atomic E-state index is 13.4. The molecule has 0 aliphatic heterocycles. The van der Waals surface area contributed by atoms with Crippen molar-refractivity contribution >= 4 is 49.9 Å². The molecule has 0 saturated carbocycles. The molecule has 2 amide bonds. The molecule has 3 aromatic carbocycles. The average molecular weight is 656 g/mol. The van der Waals surface area contributed by atoms with Crippen LogP contribution in [0.3, 0.4) is 0 Å². The predicted molar refractivity (Wildman–Crippen MR) is 171 cm³/mol. The molecule has 1 aromatic heterocycles. The summed E-state index contributed by atoms with van der Waals surface area (Å²) in [6, 6.07) is 19.0. The molecule has 9 nitrogen and oxygen atoms in total. The third-order valence-electron chi connectivity index (χ3n) is 6.43. The van der Waals surface area contributed by atoms with Crippen molar-refractivity contribution in [3.63, 3.8) is 0 Å². The van der Waals surface area contributed by atoms with Gasteiger partial charge in [-0.25, -0.2) is 18.2 Å². The number of amides is 2. The van der Waals surface area contributed by atoms with Crippen LogP contribution in [-0.4, -0.2) is 54.1 Å². The third-order valence-corrected chi connectivity index (χ3v) is 9.26. The van der Waals surface area contributed by atoms with Crippen molar-refractivity contribution in [1.29, 1.82) is 0 Å². The van der Waals surface area contributed by atoms with Gasteiger partial charge in [0.25, 0.3) is 5.91 Å². The lowest BCUT2D eigenvalue weighted by molar-refractivity contribution is 0.0147. The molecule has 0 radical (unpaired) electrons. The summed E-state index contributed by atoms with van der Waals surface area (Å²) in [5.41, 5.74) is 0.810. The largest absolute Gasteiger partial charge is 0.444 e. The molecule has 232 valence electrons. The molecule has 0 fully saturated rings. The molecule has 0 unspecified atom stereocenters. The van der Waals surface area contributed by atoms with Crippen LogP contribution in [0.4, 0.5) is 9.93 Å². The Morgan fingerprint density at radius 1 is 1.05 bits per heavy atom. The van der Waals surface area contributed by atoms with Crippen LogP contribution in [0, 0.1) is 6.92 Å². The van der Waals surface area contributed by atoms with E-state index in [2.05, 4.69) is 10.3 Å². The fourth-order valence-electron chi connectivity index (χ4n) is 4.23. The van der Waals surface area contributed by atoms with Gasteiger partial charge in [-0.3, -0.25) is 10.1 Å². The molecule has 0 spiro atoms. The number of carbonyl (C=O) groups excluding carboxylic acids is 2. The number of thiazole rings is 1. The number of aromatic nitrogens is 1. The van der Waals surface area contributed by atoms with Crippen molar-refractivity contribution < 1.29 is 27.9 Å². The number of halogens is 1. The van der Waals surface area contributed by atoms with Crippen LogP contribution in [0.15, 0.2) is 88.8 Å². The summed E-state index contributed by atoms with van der Waals surface area (Å²) in [6.45, 7) is 7.36. The predicted octanol–water partition coefficient (Wildman–Crippen LogP) is 6.70. The minimum Gasteiger partial charge on any atom is -0.444 e. The number of anilines is 1. The van der Waals surface area contributed by atoms with E-state index in [1.54, 1.807) is 63.4 Å². The fraction of sp³-hybridized carbons (Fsp3) is 0.281. The van der Waals surface area contributed by atoms with Crippen LogP contribution < -0.4 is 5.32 Å². The second-order valence-electron chi connectivity index (χ2n) is 11.2. The molecule has 1 heterocycles. The van der Waals surface area contributed by atoms with Crippen LogP contribution in [0.25, 0.3) is 0 Å². The highest BCUT2D eigenvalue weighted by Crippen LogP contribution is 2.25. The Morgan fingerprint density at radius 3 is 2.39 bits per heavy atom. The highest BCUT2D eigenvalue weighted by molar-refractivity contribution is 7.91. The van der Waals surface area contributed by atoms with Crippen molar-refractivity contribution in [2.75, 3.05) is 18.4 Å². The molecule has 0 aliphatic rings. The molecule has 0 saturated heterocycles. The maximum Gasteiger partial charge on any atom is 0.410 e. The van der Waals surface area contributed by atoms with E-state index >= 15 is 0 Å². The van der Waals surface area contributed by atoms with Gasteiger partial charge in [-0.15, -0.1) is 11.3 Å². The van der Waals surface area contributed by atoms with Crippen LogP contribution >= 0.6 is 22.9 Å². The number of aliphatic hydroxyl groups excluding tert-OH is 1. The van der Waals surface area contributed by atoms with Gasteiger partial charge in [0.1, 0.15) is 5.60 Å². The number of nitrogens with one attached hydrogen (secondary N) is 1. The van der Waals surface area contributed by atoms with Gasteiger partial charge < -0.3 is 14.7 Å². The Morgan fingerprint density at radius 2 is 1.75 bits per heavy atom. The zero-order valence-corrected chi connectivity index (χ0v) is 27.2. The monoisotopic (exact) mass is 655 g/mol. The molecule has 0 aliphatic carbocycles. The van der Waals surface area contributed by atoms with Crippen LogP contribution in [0.5, 0.6) is 0 Å². The molecule has 1 atom stereocenters.